The molecule has 2 aliphatic heterocycles. The molecule has 0 saturated heterocycles. The average molecular weight is 442 g/mol. The zero-order valence-electron chi connectivity index (χ0n) is 18.2. The number of carbonyl (C=O) groups is 2. The van der Waals surface area contributed by atoms with Gasteiger partial charge < -0.3 is 9.80 Å². The third kappa shape index (κ3) is 3.64. The highest BCUT2D eigenvalue weighted by molar-refractivity contribution is 7.89. The summed E-state index contributed by atoms with van der Waals surface area (Å²) in [5.41, 5.74) is 3.52. The second-order valence-corrected chi connectivity index (χ2v) is 10.5. The molecule has 0 N–H and O–H groups in total. The van der Waals surface area contributed by atoms with E-state index in [1.54, 1.807) is 21.9 Å². The van der Waals surface area contributed by atoms with Crippen molar-refractivity contribution in [2.45, 2.75) is 50.6 Å². The fourth-order valence-corrected chi connectivity index (χ4v) is 5.90. The summed E-state index contributed by atoms with van der Waals surface area (Å²) < 4.78 is 27.5. The molecule has 2 amide bonds. The molecule has 2 aromatic rings. The molecular weight excluding hydrogens is 414 g/mol. The number of hydrogen-bond donors (Lipinski definition) is 0. The zero-order valence-corrected chi connectivity index (χ0v) is 19.0. The van der Waals surface area contributed by atoms with Crippen molar-refractivity contribution in [3.05, 3.63) is 53.6 Å². The summed E-state index contributed by atoms with van der Waals surface area (Å²) in [4.78, 5) is 28.5. The average Bonchev–Trinajstić information content (AvgIpc) is 3.21. The molecule has 2 heterocycles. The minimum Gasteiger partial charge on any atom is -0.309 e. The molecular formula is C23H27N3O4S. The number of sulfonamides is 1. The molecule has 2 atom stereocenters. The van der Waals surface area contributed by atoms with Gasteiger partial charge in [0.2, 0.25) is 21.8 Å². The largest absolute Gasteiger partial charge is 0.309 e. The molecule has 0 saturated carbocycles. The minimum atomic E-state index is -3.85. The van der Waals surface area contributed by atoms with Gasteiger partial charge in [0, 0.05) is 37.4 Å². The number of carbonyl (C=O) groups excluding carboxylic acids is 2. The van der Waals surface area contributed by atoms with Crippen molar-refractivity contribution < 1.29 is 18.0 Å². The maximum Gasteiger partial charge on any atom is 0.243 e. The van der Waals surface area contributed by atoms with Gasteiger partial charge in [0.25, 0.3) is 0 Å². The number of benzene rings is 2. The Morgan fingerprint density at radius 3 is 2.29 bits per heavy atom. The van der Waals surface area contributed by atoms with Gasteiger partial charge in [0.05, 0.1) is 11.4 Å². The Hall–Kier alpha value is -2.71. The molecule has 2 aliphatic rings. The number of amides is 2. The van der Waals surface area contributed by atoms with Crippen LogP contribution in [-0.4, -0.2) is 50.2 Å². The van der Waals surface area contributed by atoms with Crippen molar-refractivity contribution in [3.8, 4) is 0 Å². The van der Waals surface area contributed by atoms with Crippen LogP contribution in [-0.2, 0) is 32.5 Å². The maximum atomic E-state index is 13.2. The summed E-state index contributed by atoms with van der Waals surface area (Å²) >= 11 is 0. The van der Waals surface area contributed by atoms with Crippen LogP contribution in [0.1, 0.15) is 31.9 Å². The van der Waals surface area contributed by atoms with Crippen molar-refractivity contribution in [1.82, 2.24) is 4.31 Å². The Labute approximate surface area is 183 Å². The predicted octanol–water partition coefficient (Wildman–Crippen LogP) is 2.58. The molecule has 8 heteroatoms. The summed E-state index contributed by atoms with van der Waals surface area (Å²) in [6.07, 6.45) is 1.36. The highest BCUT2D eigenvalue weighted by atomic mass is 32.2. The van der Waals surface area contributed by atoms with Crippen molar-refractivity contribution in [1.29, 1.82) is 0 Å². The SMILES string of the molecule is CC(=O)N1c2ccc(S(=O)(=O)N(C)CC(=O)N3c4ccccc4CC3C)cc2CC1C. The van der Waals surface area contributed by atoms with Crippen LogP contribution in [0, 0.1) is 0 Å². The lowest BCUT2D eigenvalue weighted by molar-refractivity contribution is -0.119. The van der Waals surface area contributed by atoms with E-state index in [4.69, 9.17) is 0 Å². The van der Waals surface area contributed by atoms with Crippen LogP contribution in [0.25, 0.3) is 0 Å². The molecule has 7 nitrogen and oxygen atoms in total. The first-order valence-electron chi connectivity index (χ1n) is 10.4. The minimum absolute atomic E-state index is 0.0125. The van der Waals surface area contributed by atoms with E-state index in [1.807, 2.05) is 38.1 Å². The van der Waals surface area contributed by atoms with Gasteiger partial charge in [0.1, 0.15) is 0 Å². The van der Waals surface area contributed by atoms with Crippen LogP contribution in [0.5, 0.6) is 0 Å². The van der Waals surface area contributed by atoms with Crippen molar-refractivity contribution in [2.24, 2.45) is 0 Å². The summed E-state index contributed by atoms with van der Waals surface area (Å²) in [6, 6.07) is 12.5. The molecule has 0 fully saturated rings. The highest BCUT2D eigenvalue weighted by Gasteiger charge is 2.34. The van der Waals surface area contributed by atoms with Gasteiger partial charge in [-0.15, -0.1) is 0 Å². The standard InChI is InChI=1S/C23H27N3O4S/c1-15-12-19-13-20(9-10-22(19)25(15)17(3)27)31(29,30)24(4)14-23(28)26-16(2)11-18-7-5-6-8-21(18)26/h5-10,13,15-16H,11-12,14H2,1-4H3. The predicted molar refractivity (Wildman–Crippen MR) is 120 cm³/mol. The van der Waals surface area contributed by atoms with E-state index in [0.29, 0.717) is 6.42 Å². The molecule has 164 valence electrons. The Kier molecular flexibility index (Phi) is 5.39. The fraction of sp³-hybridized carbons (Fsp3) is 0.391. The van der Waals surface area contributed by atoms with E-state index < -0.39 is 10.0 Å². The first-order chi connectivity index (χ1) is 14.6. The number of rotatable bonds is 4. The Bertz CT molecular complexity index is 1160. The van der Waals surface area contributed by atoms with E-state index >= 15 is 0 Å². The Morgan fingerprint density at radius 1 is 0.968 bits per heavy atom. The number of fused-ring (bicyclic) bond motifs is 2. The third-order valence-electron chi connectivity index (χ3n) is 6.15. The summed E-state index contributed by atoms with van der Waals surface area (Å²) in [5.74, 6) is -0.314. The molecule has 0 bridgehead atoms. The first-order valence-corrected chi connectivity index (χ1v) is 11.8. The molecule has 31 heavy (non-hydrogen) atoms. The summed E-state index contributed by atoms with van der Waals surface area (Å²) in [5, 5.41) is 0. The van der Waals surface area contributed by atoms with E-state index in [-0.39, 0.29) is 35.3 Å². The molecule has 0 spiro atoms. The normalized spacial score (nSPS) is 20.2. The molecule has 2 unspecified atom stereocenters. The van der Waals surface area contributed by atoms with Crippen molar-refractivity contribution in [2.75, 3.05) is 23.4 Å². The van der Waals surface area contributed by atoms with E-state index in [1.165, 1.54) is 20.0 Å². The Morgan fingerprint density at radius 2 is 1.58 bits per heavy atom. The van der Waals surface area contributed by atoms with Crippen molar-refractivity contribution in [3.63, 3.8) is 0 Å². The maximum absolute atomic E-state index is 13.2. The lowest BCUT2D eigenvalue weighted by Gasteiger charge is -2.26. The summed E-state index contributed by atoms with van der Waals surface area (Å²) in [7, 11) is -2.42. The fourth-order valence-electron chi connectivity index (χ4n) is 4.72. The Balaban J connectivity index is 1.56. The first kappa shape index (κ1) is 21.5. The molecule has 0 aromatic heterocycles. The van der Waals surface area contributed by atoms with Gasteiger partial charge in [-0.3, -0.25) is 9.59 Å². The number of para-hydroxylation sites is 1. The topological polar surface area (TPSA) is 78.0 Å². The summed E-state index contributed by atoms with van der Waals surface area (Å²) in [6.45, 7) is 5.17. The lowest BCUT2D eigenvalue weighted by atomic mass is 10.1. The van der Waals surface area contributed by atoms with E-state index in [9.17, 15) is 18.0 Å². The second-order valence-electron chi connectivity index (χ2n) is 8.44. The quantitative estimate of drug-likeness (QED) is 0.731. The molecule has 0 aliphatic carbocycles. The van der Waals surface area contributed by atoms with E-state index in [2.05, 4.69) is 0 Å². The molecule has 2 aromatic carbocycles. The van der Waals surface area contributed by atoms with Gasteiger partial charge in [-0.05, 0) is 62.1 Å². The number of nitrogens with zero attached hydrogens (tertiary/aromatic N) is 3. The van der Waals surface area contributed by atoms with Gasteiger partial charge in [-0.1, -0.05) is 18.2 Å². The number of anilines is 2. The van der Waals surface area contributed by atoms with Crippen LogP contribution in [0.3, 0.4) is 0 Å². The van der Waals surface area contributed by atoms with Crippen molar-refractivity contribution >= 4 is 33.2 Å². The second kappa shape index (κ2) is 7.76. The van der Waals surface area contributed by atoms with Gasteiger partial charge in [-0.25, -0.2) is 8.42 Å². The van der Waals surface area contributed by atoms with E-state index in [0.717, 1.165) is 33.2 Å². The monoisotopic (exact) mass is 441 g/mol. The van der Waals surface area contributed by atoms with Gasteiger partial charge in [-0.2, -0.15) is 4.31 Å². The number of hydrogen-bond acceptors (Lipinski definition) is 4. The number of likely N-dealkylation sites (N-methyl/N-ethyl adjacent to an activating group) is 1. The molecule has 4 rings (SSSR count). The van der Waals surface area contributed by atoms with Crippen LogP contribution in [0.4, 0.5) is 11.4 Å². The molecule has 0 radical (unpaired) electrons. The third-order valence-corrected chi connectivity index (χ3v) is 7.95. The van der Waals surface area contributed by atoms with Gasteiger partial charge >= 0.3 is 0 Å². The zero-order chi connectivity index (χ0) is 22.5. The van der Waals surface area contributed by atoms with Crippen LogP contribution in [0.15, 0.2) is 47.4 Å². The van der Waals surface area contributed by atoms with Gasteiger partial charge in [0.15, 0.2) is 0 Å². The van der Waals surface area contributed by atoms with Crippen LogP contribution >= 0.6 is 0 Å². The van der Waals surface area contributed by atoms with Crippen LogP contribution in [0.2, 0.25) is 0 Å². The lowest BCUT2D eigenvalue weighted by Crippen LogP contribution is -2.43. The van der Waals surface area contributed by atoms with Crippen LogP contribution < -0.4 is 9.80 Å². The highest BCUT2D eigenvalue weighted by Crippen LogP contribution is 2.35. The smallest absolute Gasteiger partial charge is 0.243 e.